The van der Waals surface area contributed by atoms with Gasteiger partial charge in [-0.2, -0.15) is 24.5 Å². The standard InChI is InChI=1S/C16H16F3N3OS/c17-16(18,19)12-3-4-14(20-8-12)22-6-1-2-13(9-22)21-15(23)11-5-7-24-10-11/h3-5,7-8,10,13H,1-2,6,9H2,(H,21,23). The summed E-state index contributed by atoms with van der Waals surface area (Å²) in [5, 5.41) is 6.60. The second-order valence-electron chi connectivity index (χ2n) is 5.67. The van der Waals surface area contributed by atoms with Crippen molar-refractivity contribution < 1.29 is 18.0 Å². The molecule has 3 heterocycles. The molecule has 1 aliphatic rings. The number of carbonyl (C=O) groups excluding carboxylic acids is 1. The third-order valence-corrected chi connectivity index (χ3v) is 4.62. The van der Waals surface area contributed by atoms with Crippen LogP contribution < -0.4 is 10.2 Å². The van der Waals surface area contributed by atoms with Crippen molar-refractivity contribution in [2.24, 2.45) is 0 Å². The molecule has 2 aromatic heterocycles. The highest BCUT2D eigenvalue weighted by Gasteiger charge is 2.31. The number of amides is 1. The third-order valence-electron chi connectivity index (χ3n) is 3.94. The zero-order valence-corrected chi connectivity index (χ0v) is 13.5. The highest BCUT2D eigenvalue weighted by molar-refractivity contribution is 7.08. The van der Waals surface area contributed by atoms with Gasteiger partial charge in [-0.1, -0.05) is 0 Å². The minimum Gasteiger partial charge on any atom is -0.355 e. The van der Waals surface area contributed by atoms with Gasteiger partial charge >= 0.3 is 6.18 Å². The van der Waals surface area contributed by atoms with Gasteiger partial charge in [0.25, 0.3) is 5.91 Å². The summed E-state index contributed by atoms with van der Waals surface area (Å²) < 4.78 is 37.8. The molecule has 1 N–H and O–H groups in total. The van der Waals surface area contributed by atoms with Gasteiger partial charge in [0.2, 0.25) is 0 Å². The SMILES string of the molecule is O=C(NC1CCCN(c2ccc(C(F)(F)F)cn2)C1)c1ccsc1. The number of pyridine rings is 1. The molecule has 0 radical (unpaired) electrons. The zero-order valence-electron chi connectivity index (χ0n) is 12.7. The Balaban J connectivity index is 1.64. The summed E-state index contributed by atoms with van der Waals surface area (Å²) in [6.45, 7) is 1.25. The molecular weight excluding hydrogens is 339 g/mol. The molecule has 3 rings (SSSR count). The largest absolute Gasteiger partial charge is 0.417 e. The molecule has 0 spiro atoms. The Morgan fingerprint density at radius 2 is 2.17 bits per heavy atom. The lowest BCUT2D eigenvalue weighted by Gasteiger charge is -2.34. The number of rotatable bonds is 3. The van der Waals surface area contributed by atoms with Crippen LogP contribution in [0.1, 0.15) is 28.8 Å². The molecule has 0 saturated carbocycles. The molecule has 8 heteroatoms. The highest BCUT2D eigenvalue weighted by Crippen LogP contribution is 2.29. The first-order valence-electron chi connectivity index (χ1n) is 7.55. The molecule has 0 aliphatic carbocycles. The minimum absolute atomic E-state index is 0.0461. The summed E-state index contributed by atoms with van der Waals surface area (Å²) in [7, 11) is 0. The number of anilines is 1. The number of carbonyl (C=O) groups is 1. The molecule has 2 aromatic rings. The summed E-state index contributed by atoms with van der Waals surface area (Å²) in [5.41, 5.74) is -0.129. The van der Waals surface area contributed by atoms with Crippen molar-refractivity contribution in [2.75, 3.05) is 18.0 Å². The average molecular weight is 355 g/mol. The molecule has 1 atom stereocenters. The van der Waals surface area contributed by atoms with Crippen LogP contribution in [0.2, 0.25) is 0 Å². The van der Waals surface area contributed by atoms with E-state index in [0.717, 1.165) is 25.1 Å². The van der Waals surface area contributed by atoms with Crippen LogP contribution in [-0.2, 0) is 6.18 Å². The van der Waals surface area contributed by atoms with Gasteiger partial charge in [-0.15, -0.1) is 0 Å². The van der Waals surface area contributed by atoms with Crippen molar-refractivity contribution in [3.05, 3.63) is 46.3 Å². The second kappa shape index (κ2) is 6.80. The van der Waals surface area contributed by atoms with E-state index in [9.17, 15) is 18.0 Å². The maximum absolute atomic E-state index is 12.6. The van der Waals surface area contributed by atoms with Gasteiger partial charge in [0.1, 0.15) is 5.82 Å². The fraction of sp³-hybridized carbons (Fsp3) is 0.375. The minimum atomic E-state index is -4.38. The Bertz CT molecular complexity index is 686. The van der Waals surface area contributed by atoms with Gasteiger partial charge < -0.3 is 10.2 Å². The summed E-state index contributed by atoms with van der Waals surface area (Å²) >= 11 is 1.46. The molecule has 1 fully saturated rings. The van der Waals surface area contributed by atoms with Gasteiger partial charge in [-0.3, -0.25) is 4.79 Å². The summed E-state index contributed by atoms with van der Waals surface area (Å²) in [6, 6.07) is 4.13. The molecule has 24 heavy (non-hydrogen) atoms. The molecule has 1 amide bonds. The highest BCUT2D eigenvalue weighted by atomic mass is 32.1. The fourth-order valence-corrected chi connectivity index (χ4v) is 3.34. The lowest BCUT2D eigenvalue weighted by atomic mass is 10.1. The number of thiophene rings is 1. The zero-order chi connectivity index (χ0) is 17.2. The van der Waals surface area contributed by atoms with E-state index >= 15 is 0 Å². The van der Waals surface area contributed by atoms with E-state index in [-0.39, 0.29) is 11.9 Å². The Kier molecular flexibility index (Phi) is 4.75. The van der Waals surface area contributed by atoms with Crippen LogP contribution in [-0.4, -0.2) is 30.0 Å². The van der Waals surface area contributed by atoms with Crippen molar-refractivity contribution in [1.29, 1.82) is 0 Å². The van der Waals surface area contributed by atoms with E-state index in [2.05, 4.69) is 10.3 Å². The topological polar surface area (TPSA) is 45.2 Å². The smallest absolute Gasteiger partial charge is 0.355 e. The predicted molar refractivity (Wildman–Crippen MR) is 86.3 cm³/mol. The number of nitrogens with one attached hydrogen (secondary N) is 1. The lowest BCUT2D eigenvalue weighted by Crippen LogP contribution is -2.48. The monoisotopic (exact) mass is 355 g/mol. The van der Waals surface area contributed by atoms with Crippen LogP contribution >= 0.6 is 11.3 Å². The maximum atomic E-state index is 12.6. The molecule has 4 nitrogen and oxygen atoms in total. The number of hydrogen-bond donors (Lipinski definition) is 1. The van der Waals surface area contributed by atoms with E-state index in [1.54, 1.807) is 11.4 Å². The molecular formula is C16H16F3N3OS. The second-order valence-corrected chi connectivity index (χ2v) is 6.45. The van der Waals surface area contributed by atoms with Crippen LogP contribution in [0, 0.1) is 0 Å². The maximum Gasteiger partial charge on any atom is 0.417 e. The molecule has 1 unspecified atom stereocenters. The molecule has 1 saturated heterocycles. The first kappa shape index (κ1) is 16.8. The average Bonchev–Trinajstić information content (AvgIpc) is 3.09. The van der Waals surface area contributed by atoms with E-state index < -0.39 is 11.7 Å². The molecule has 0 bridgehead atoms. The number of piperidine rings is 1. The predicted octanol–water partition coefficient (Wildman–Crippen LogP) is 3.56. The Labute approximate surface area is 141 Å². The van der Waals surface area contributed by atoms with Crippen molar-refractivity contribution in [3.63, 3.8) is 0 Å². The fourth-order valence-electron chi connectivity index (χ4n) is 2.71. The van der Waals surface area contributed by atoms with Crippen molar-refractivity contribution in [2.45, 2.75) is 25.1 Å². The molecule has 1 aliphatic heterocycles. The molecule has 0 aromatic carbocycles. The first-order chi connectivity index (χ1) is 11.4. The van der Waals surface area contributed by atoms with Crippen molar-refractivity contribution >= 4 is 23.1 Å². The van der Waals surface area contributed by atoms with Crippen molar-refractivity contribution in [1.82, 2.24) is 10.3 Å². The van der Waals surface area contributed by atoms with Gasteiger partial charge in [0.15, 0.2) is 0 Å². The summed E-state index contributed by atoms with van der Waals surface area (Å²) in [4.78, 5) is 17.9. The Morgan fingerprint density at radius 1 is 1.33 bits per heavy atom. The number of aromatic nitrogens is 1. The summed E-state index contributed by atoms with van der Waals surface area (Å²) in [6.07, 6.45) is -1.85. The van der Waals surface area contributed by atoms with Gasteiger partial charge in [0, 0.05) is 36.3 Å². The van der Waals surface area contributed by atoms with Gasteiger partial charge in [-0.25, -0.2) is 4.98 Å². The van der Waals surface area contributed by atoms with E-state index in [1.807, 2.05) is 10.3 Å². The van der Waals surface area contributed by atoms with Crippen LogP contribution in [0.5, 0.6) is 0 Å². The van der Waals surface area contributed by atoms with Gasteiger partial charge in [0.05, 0.1) is 5.56 Å². The van der Waals surface area contributed by atoms with Crippen LogP contribution in [0.25, 0.3) is 0 Å². The number of hydrogen-bond acceptors (Lipinski definition) is 4. The normalized spacial score (nSPS) is 18.5. The van der Waals surface area contributed by atoms with Crippen LogP contribution in [0.3, 0.4) is 0 Å². The number of alkyl halides is 3. The lowest BCUT2D eigenvalue weighted by molar-refractivity contribution is -0.137. The molecule has 128 valence electrons. The van der Waals surface area contributed by atoms with E-state index in [4.69, 9.17) is 0 Å². The number of nitrogens with zero attached hydrogens (tertiary/aromatic N) is 2. The summed E-state index contributed by atoms with van der Waals surface area (Å²) in [5.74, 6) is 0.376. The first-order valence-corrected chi connectivity index (χ1v) is 8.49. The van der Waals surface area contributed by atoms with Crippen molar-refractivity contribution in [3.8, 4) is 0 Å². The van der Waals surface area contributed by atoms with Gasteiger partial charge in [-0.05, 0) is 36.4 Å². The van der Waals surface area contributed by atoms with E-state index in [1.165, 1.54) is 17.4 Å². The van der Waals surface area contributed by atoms with Crippen LogP contribution in [0.4, 0.5) is 19.0 Å². The Morgan fingerprint density at radius 3 is 2.79 bits per heavy atom. The number of halogens is 3. The Hall–Kier alpha value is -2.09. The van der Waals surface area contributed by atoms with E-state index in [0.29, 0.717) is 24.5 Å². The van der Waals surface area contributed by atoms with Crippen LogP contribution in [0.15, 0.2) is 35.2 Å². The third kappa shape index (κ3) is 3.87. The quantitative estimate of drug-likeness (QED) is 0.916.